The Balaban J connectivity index is 1.49. The summed E-state index contributed by atoms with van der Waals surface area (Å²) in [5.74, 6) is -1.77. The van der Waals surface area contributed by atoms with Crippen LogP contribution in [0.5, 0.6) is 0 Å². The third-order valence-electron chi connectivity index (χ3n) is 7.08. The predicted octanol–water partition coefficient (Wildman–Crippen LogP) is 4.31. The number of carbonyl (C=O) groups is 2. The quantitative estimate of drug-likeness (QED) is 0.140. The van der Waals surface area contributed by atoms with Crippen LogP contribution in [0.25, 0.3) is 17.0 Å². The number of aromatic nitrogens is 1. The van der Waals surface area contributed by atoms with E-state index >= 15 is 0 Å². The predicted molar refractivity (Wildman–Crippen MR) is 146 cm³/mol. The average Bonchev–Trinajstić information content (AvgIpc) is 3.56. The van der Waals surface area contributed by atoms with Crippen molar-refractivity contribution >= 4 is 38.9 Å². The van der Waals surface area contributed by atoms with Gasteiger partial charge in [0.2, 0.25) is 10.0 Å². The van der Waals surface area contributed by atoms with Crippen LogP contribution in [0.2, 0.25) is 0 Å². The number of aromatic carboxylic acids is 1. The Morgan fingerprint density at radius 3 is 2.59 bits per heavy atom. The van der Waals surface area contributed by atoms with E-state index < -0.39 is 27.9 Å². The van der Waals surface area contributed by atoms with Crippen LogP contribution in [-0.4, -0.2) is 46.4 Å². The number of nitrogens with zero attached hydrogens (tertiary/aromatic N) is 1. The zero-order valence-electron chi connectivity index (χ0n) is 20.9. The highest BCUT2D eigenvalue weighted by atomic mass is 32.2. The molecule has 4 N–H and O–H groups in total. The molecule has 1 aliphatic carbocycles. The van der Waals surface area contributed by atoms with E-state index in [0.717, 1.165) is 33.2 Å². The van der Waals surface area contributed by atoms with Crippen LogP contribution >= 0.6 is 0 Å². The second-order valence-corrected chi connectivity index (χ2v) is 11.3. The van der Waals surface area contributed by atoms with Crippen molar-refractivity contribution in [3.05, 3.63) is 107 Å². The van der Waals surface area contributed by atoms with Gasteiger partial charge in [0, 0.05) is 29.7 Å². The van der Waals surface area contributed by atoms with E-state index in [0.29, 0.717) is 19.3 Å². The van der Waals surface area contributed by atoms with Crippen LogP contribution in [0, 0.1) is 0 Å². The molecule has 10 heteroatoms. The van der Waals surface area contributed by atoms with Crippen molar-refractivity contribution < 1.29 is 28.3 Å². The molecule has 5 rings (SSSR count). The number of sulfonamides is 1. The summed E-state index contributed by atoms with van der Waals surface area (Å²) in [6.45, 7) is 0.229. The second kappa shape index (κ2) is 10.9. The van der Waals surface area contributed by atoms with Crippen molar-refractivity contribution in [3.8, 4) is 0 Å². The number of nitrogens with one attached hydrogen (secondary N) is 2. The zero-order chi connectivity index (χ0) is 27.6. The zero-order valence-corrected chi connectivity index (χ0v) is 21.7. The monoisotopic (exact) mass is 545 g/mol. The number of hydrogen-bond acceptors (Lipinski definition) is 5. The van der Waals surface area contributed by atoms with Gasteiger partial charge in [-0.1, -0.05) is 36.4 Å². The van der Waals surface area contributed by atoms with E-state index in [9.17, 15) is 23.1 Å². The summed E-state index contributed by atoms with van der Waals surface area (Å²) in [7, 11) is -3.98. The molecule has 1 aliphatic rings. The summed E-state index contributed by atoms with van der Waals surface area (Å²) in [6.07, 6.45) is 6.42. The van der Waals surface area contributed by atoms with Crippen molar-refractivity contribution in [1.29, 1.82) is 0 Å². The molecule has 1 aromatic heterocycles. The van der Waals surface area contributed by atoms with Gasteiger partial charge in [-0.3, -0.25) is 10.0 Å². The second-order valence-electron chi connectivity index (χ2n) is 9.38. The average molecular weight is 546 g/mol. The summed E-state index contributed by atoms with van der Waals surface area (Å²) in [5, 5.41) is 19.0. The Kier molecular flexibility index (Phi) is 7.34. The van der Waals surface area contributed by atoms with Gasteiger partial charge in [-0.15, -0.1) is 0 Å². The minimum Gasteiger partial charge on any atom is -0.478 e. The Hall–Kier alpha value is -4.25. The number of para-hydroxylation sites is 1. The van der Waals surface area contributed by atoms with Gasteiger partial charge in [0.25, 0.3) is 5.91 Å². The molecule has 0 spiro atoms. The molecule has 0 saturated heterocycles. The maximum Gasteiger partial charge on any atom is 0.335 e. The van der Waals surface area contributed by atoms with E-state index in [1.807, 2.05) is 48.7 Å². The number of aryl methyl sites for hydroxylation is 1. The molecule has 0 radical (unpaired) electrons. The molecule has 0 aliphatic heterocycles. The lowest BCUT2D eigenvalue weighted by Crippen LogP contribution is -2.35. The van der Waals surface area contributed by atoms with E-state index in [2.05, 4.69) is 4.98 Å². The number of rotatable bonds is 9. The van der Waals surface area contributed by atoms with Crippen molar-refractivity contribution in [3.63, 3.8) is 0 Å². The van der Waals surface area contributed by atoms with E-state index in [-0.39, 0.29) is 17.0 Å². The maximum atomic E-state index is 14.0. The highest BCUT2D eigenvalue weighted by Gasteiger charge is 2.36. The Labute approximate surface area is 225 Å². The molecule has 9 nitrogen and oxygen atoms in total. The number of amides is 1. The fourth-order valence-electron chi connectivity index (χ4n) is 5.14. The smallest absolute Gasteiger partial charge is 0.335 e. The molecule has 1 heterocycles. The van der Waals surface area contributed by atoms with Crippen LogP contribution < -0.4 is 5.48 Å². The highest BCUT2D eigenvalue weighted by molar-refractivity contribution is 7.89. The number of carboxylic acids is 1. The number of aromatic amines is 1. The molecule has 4 aromatic rings. The van der Waals surface area contributed by atoms with Crippen LogP contribution in [0.15, 0.2) is 83.9 Å². The Morgan fingerprint density at radius 2 is 1.85 bits per heavy atom. The molecule has 1 unspecified atom stereocenters. The van der Waals surface area contributed by atoms with Gasteiger partial charge in [0.1, 0.15) is 0 Å². The van der Waals surface area contributed by atoms with Gasteiger partial charge < -0.3 is 10.1 Å². The fraction of sp³-hybridized carbons (Fsp3) is 0.172. The first-order valence-electron chi connectivity index (χ1n) is 12.4. The van der Waals surface area contributed by atoms with Crippen LogP contribution in [0.3, 0.4) is 0 Å². The van der Waals surface area contributed by atoms with E-state index in [1.165, 1.54) is 34.6 Å². The summed E-state index contributed by atoms with van der Waals surface area (Å²) in [6, 6.07) is 18.3. The number of fused-ring (bicyclic) bond motifs is 2. The highest BCUT2D eigenvalue weighted by Crippen LogP contribution is 2.39. The lowest BCUT2D eigenvalue weighted by atomic mass is 10.0. The minimum atomic E-state index is -3.98. The SMILES string of the molecule is O=C(/C=C/c1ccc2c(c1)CCC2N(CCc1c[nH]c2ccccc12)S(=O)(=O)c1ccc(C(=O)O)cc1)NO. The first-order chi connectivity index (χ1) is 18.8. The van der Waals surface area contributed by atoms with Crippen molar-refractivity contribution in [2.45, 2.75) is 30.2 Å². The van der Waals surface area contributed by atoms with Gasteiger partial charge >= 0.3 is 5.97 Å². The number of carboxylic acid groups (broad SMARTS) is 1. The topological polar surface area (TPSA) is 140 Å². The van der Waals surface area contributed by atoms with Gasteiger partial charge in [-0.05, 0) is 77.9 Å². The third-order valence-corrected chi connectivity index (χ3v) is 9.00. The molecule has 0 saturated carbocycles. The van der Waals surface area contributed by atoms with E-state index in [1.54, 1.807) is 11.6 Å². The van der Waals surface area contributed by atoms with Gasteiger partial charge in [-0.2, -0.15) is 4.31 Å². The van der Waals surface area contributed by atoms with Crippen molar-refractivity contribution in [1.82, 2.24) is 14.8 Å². The summed E-state index contributed by atoms with van der Waals surface area (Å²) >= 11 is 0. The minimum absolute atomic E-state index is 0.0148. The summed E-state index contributed by atoms with van der Waals surface area (Å²) < 4.78 is 29.5. The molecule has 1 amide bonds. The molecular formula is C29H27N3O6S. The number of hydroxylamine groups is 1. The lowest BCUT2D eigenvalue weighted by molar-refractivity contribution is -0.124. The van der Waals surface area contributed by atoms with Gasteiger partial charge in [0.15, 0.2) is 0 Å². The lowest BCUT2D eigenvalue weighted by Gasteiger charge is -2.29. The molecule has 1 atom stereocenters. The Bertz CT molecular complexity index is 1670. The molecular weight excluding hydrogens is 518 g/mol. The van der Waals surface area contributed by atoms with Crippen molar-refractivity contribution in [2.75, 3.05) is 6.54 Å². The van der Waals surface area contributed by atoms with Crippen LogP contribution in [-0.2, 0) is 27.7 Å². The molecule has 0 bridgehead atoms. The molecule has 3 aromatic carbocycles. The van der Waals surface area contributed by atoms with Gasteiger partial charge in [0.05, 0.1) is 16.5 Å². The van der Waals surface area contributed by atoms with Crippen LogP contribution in [0.4, 0.5) is 0 Å². The normalized spacial score (nSPS) is 15.2. The standard InChI is InChI=1S/C29H27N3O6S/c33-28(31-36)14-6-19-5-12-25-21(17-19)9-13-27(25)32(16-15-22-18-30-26-4-2-1-3-24(22)26)39(37,38)23-10-7-20(8-11-23)29(34)35/h1-8,10-12,14,17-18,27,30,36H,9,13,15-16H2,(H,31,33)(H,34,35)/b14-6+. The first-order valence-corrected chi connectivity index (χ1v) is 13.9. The maximum absolute atomic E-state index is 14.0. The largest absolute Gasteiger partial charge is 0.478 e. The third kappa shape index (κ3) is 5.35. The number of benzene rings is 3. The molecule has 0 fully saturated rings. The molecule has 39 heavy (non-hydrogen) atoms. The summed E-state index contributed by atoms with van der Waals surface area (Å²) in [4.78, 5) is 25.9. The van der Waals surface area contributed by atoms with Crippen molar-refractivity contribution in [2.24, 2.45) is 0 Å². The Morgan fingerprint density at radius 1 is 1.08 bits per heavy atom. The van der Waals surface area contributed by atoms with Gasteiger partial charge in [-0.25, -0.2) is 18.7 Å². The van der Waals surface area contributed by atoms with Crippen LogP contribution in [0.1, 0.15) is 45.1 Å². The summed E-state index contributed by atoms with van der Waals surface area (Å²) in [5.41, 5.74) is 6.19. The number of carbonyl (C=O) groups excluding carboxylic acids is 1. The number of H-pyrrole nitrogens is 1. The number of hydrogen-bond donors (Lipinski definition) is 4. The van der Waals surface area contributed by atoms with E-state index in [4.69, 9.17) is 5.21 Å². The fourth-order valence-corrected chi connectivity index (χ4v) is 6.78. The first kappa shape index (κ1) is 26.4. The molecule has 200 valence electrons.